The second kappa shape index (κ2) is 6.74. The number of aryl methyl sites for hydroxylation is 1. The van der Waals surface area contributed by atoms with Crippen LogP contribution in [0.1, 0.15) is 54.4 Å². The molecule has 0 radical (unpaired) electrons. The molecule has 0 aliphatic carbocycles. The third-order valence-corrected chi connectivity index (χ3v) is 7.93. The van der Waals surface area contributed by atoms with E-state index in [9.17, 15) is 14.4 Å². The Labute approximate surface area is 185 Å². The molecular weight excluding hydrogens is 412 g/mol. The van der Waals surface area contributed by atoms with Crippen molar-refractivity contribution in [3.63, 3.8) is 0 Å². The quantitative estimate of drug-likeness (QED) is 0.739. The monoisotopic (exact) mass is 438 g/mol. The number of thiophene rings is 1. The summed E-state index contributed by atoms with van der Waals surface area (Å²) >= 11 is 1.28. The van der Waals surface area contributed by atoms with Gasteiger partial charge in [0.1, 0.15) is 5.00 Å². The number of ether oxygens (including phenoxy) is 1. The van der Waals surface area contributed by atoms with Gasteiger partial charge in [-0.1, -0.05) is 45.0 Å². The zero-order chi connectivity index (χ0) is 22.2. The summed E-state index contributed by atoms with van der Waals surface area (Å²) in [6, 6.07) is 8.04. The maximum Gasteiger partial charge on any atom is 0.252 e. The molecule has 4 atom stereocenters. The van der Waals surface area contributed by atoms with Crippen LogP contribution in [0, 0.1) is 18.8 Å². The van der Waals surface area contributed by atoms with E-state index in [1.165, 1.54) is 21.8 Å². The number of carbonyl (C=O) groups excluding carboxylic acids is 3. The number of carbonyl (C=O) groups is 3. The van der Waals surface area contributed by atoms with Gasteiger partial charge in [-0.2, -0.15) is 0 Å². The summed E-state index contributed by atoms with van der Waals surface area (Å²) in [7, 11) is 0. The Morgan fingerprint density at radius 3 is 2.10 bits per heavy atom. The van der Waals surface area contributed by atoms with E-state index in [0.717, 1.165) is 23.3 Å². The fourth-order valence-corrected chi connectivity index (χ4v) is 6.50. The number of benzene rings is 1. The van der Waals surface area contributed by atoms with E-state index in [2.05, 4.69) is 20.8 Å². The Hall–Kier alpha value is -2.51. The lowest BCUT2D eigenvalue weighted by molar-refractivity contribution is -0.124. The number of imide groups is 1. The summed E-state index contributed by atoms with van der Waals surface area (Å²) in [4.78, 5) is 41.1. The molecule has 0 saturated carbocycles. The number of anilines is 1. The van der Waals surface area contributed by atoms with Gasteiger partial charge in [-0.05, 0) is 36.3 Å². The molecule has 2 aromatic rings. The smallest absolute Gasteiger partial charge is 0.252 e. The molecule has 1 aromatic carbocycles. The van der Waals surface area contributed by atoms with E-state index < -0.39 is 17.7 Å². The highest BCUT2D eigenvalue weighted by Crippen LogP contribution is 2.52. The van der Waals surface area contributed by atoms with Gasteiger partial charge in [-0.15, -0.1) is 11.3 Å². The summed E-state index contributed by atoms with van der Waals surface area (Å²) in [5.41, 5.74) is 8.79. The van der Waals surface area contributed by atoms with Crippen molar-refractivity contribution in [1.82, 2.24) is 0 Å². The molecule has 4 heterocycles. The molecule has 6 nitrogen and oxygen atoms in total. The first-order valence-electron chi connectivity index (χ1n) is 10.7. The average Bonchev–Trinajstić information content (AvgIpc) is 3.43. The van der Waals surface area contributed by atoms with Crippen LogP contribution in [0.3, 0.4) is 0 Å². The highest BCUT2D eigenvalue weighted by molar-refractivity contribution is 7.17. The molecule has 0 spiro atoms. The van der Waals surface area contributed by atoms with Gasteiger partial charge in [0, 0.05) is 10.4 Å². The van der Waals surface area contributed by atoms with Crippen molar-refractivity contribution in [2.45, 2.75) is 58.2 Å². The summed E-state index contributed by atoms with van der Waals surface area (Å²) in [6.45, 7) is 8.32. The van der Waals surface area contributed by atoms with Crippen molar-refractivity contribution < 1.29 is 19.1 Å². The van der Waals surface area contributed by atoms with Gasteiger partial charge in [-0.3, -0.25) is 14.4 Å². The van der Waals surface area contributed by atoms with E-state index in [-0.39, 0.29) is 35.0 Å². The predicted molar refractivity (Wildman–Crippen MR) is 119 cm³/mol. The van der Waals surface area contributed by atoms with Crippen LogP contribution in [0.2, 0.25) is 0 Å². The maximum absolute atomic E-state index is 13.3. The van der Waals surface area contributed by atoms with Gasteiger partial charge in [0.15, 0.2) is 0 Å². The number of hydrogen-bond acceptors (Lipinski definition) is 5. The summed E-state index contributed by atoms with van der Waals surface area (Å²) in [6.07, 6.45) is 1.21. The molecule has 2 N–H and O–H groups in total. The minimum atomic E-state index is -0.633. The molecule has 3 aliphatic heterocycles. The average molecular weight is 439 g/mol. The molecule has 31 heavy (non-hydrogen) atoms. The fourth-order valence-electron chi connectivity index (χ4n) is 5.31. The van der Waals surface area contributed by atoms with Crippen LogP contribution in [0.4, 0.5) is 5.00 Å². The van der Waals surface area contributed by atoms with Crippen LogP contribution >= 0.6 is 11.3 Å². The second-order valence-corrected chi connectivity index (χ2v) is 11.0. The van der Waals surface area contributed by atoms with E-state index in [0.29, 0.717) is 10.6 Å². The number of nitrogens with two attached hydrogens (primary N) is 1. The van der Waals surface area contributed by atoms with Crippen LogP contribution in [-0.4, -0.2) is 29.9 Å². The highest BCUT2D eigenvalue weighted by atomic mass is 32.1. The van der Waals surface area contributed by atoms with Crippen molar-refractivity contribution in [3.05, 3.63) is 40.3 Å². The Morgan fingerprint density at radius 2 is 1.61 bits per heavy atom. The summed E-state index contributed by atoms with van der Waals surface area (Å²) in [5.74, 6) is -2.04. The molecule has 3 fully saturated rings. The van der Waals surface area contributed by atoms with Crippen molar-refractivity contribution in [2.75, 3.05) is 4.90 Å². The lowest BCUT2D eigenvalue weighted by atomic mass is 9.81. The number of rotatable bonds is 3. The van der Waals surface area contributed by atoms with Crippen molar-refractivity contribution in [1.29, 1.82) is 0 Å². The zero-order valence-corrected chi connectivity index (χ0v) is 18.9. The topological polar surface area (TPSA) is 89.7 Å². The maximum atomic E-state index is 13.3. The lowest BCUT2D eigenvalue weighted by Gasteiger charge is -2.19. The van der Waals surface area contributed by atoms with Gasteiger partial charge in [0.05, 0.1) is 29.6 Å². The molecular formula is C24H26N2O4S. The molecule has 0 unspecified atom stereocenters. The van der Waals surface area contributed by atoms with Gasteiger partial charge in [0.2, 0.25) is 11.8 Å². The van der Waals surface area contributed by atoms with Crippen molar-refractivity contribution in [2.24, 2.45) is 17.6 Å². The minimum absolute atomic E-state index is 0.00744. The number of hydrogen-bond donors (Lipinski definition) is 1. The summed E-state index contributed by atoms with van der Waals surface area (Å²) in [5, 5.41) is 0.351. The van der Waals surface area contributed by atoms with Gasteiger partial charge in [-0.25, -0.2) is 4.90 Å². The molecule has 2 bridgehead atoms. The minimum Gasteiger partial charge on any atom is -0.373 e. The first kappa shape index (κ1) is 20.4. The molecule has 162 valence electrons. The molecule has 3 amide bonds. The fraction of sp³-hybridized carbons (Fsp3) is 0.458. The molecule has 3 aliphatic rings. The van der Waals surface area contributed by atoms with Crippen LogP contribution in [-0.2, 0) is 19.7 Å². The largest absolute Gasteiger partial charge is 0.373 e. The third kappa shape index (κ3) is 2.90. The molecule has 7 heteroatoms. The van der Waals surface area contributed by atoms with E-state index in [4.69, 9.17) is 10.5 Å². The third-order valence-electron chi connectivity index (χ3n) is 6.84. The molecule has 1 aromatic heterocycles. The van der Waals surface area contributed by atoms with Crippen molar-refractivity contribution in [3.8, 4) is 11.1 Å². The van der Waals surface area contributed by atoms with Crippen LogP contribution < -0.4 is 10.6 Å². The summed E-state index contributed by atoms with van der Waals surface area (Å²) < 4.78 is 5.82. The normalized spacial score (nSPS) is 27.3. The van der Waals surface area contributed by atoms with Gasteiger partial charge in [0.25, 0.3) is 5.91 Å². The van der Waals surface area contributed by atoms with Crippen LogP contribution in [0.15, 0.2) is 24.3 Å². The Kier molecular flexibility index (Phi) is 4.44. The first-order valence-corrected chi connectivity index (χ1v) is 11.5. The number of primary amides is 1. The Bertz CT molecular complexity index is 1080. The van der Waals surface area contributed by atoms with Crippen molar-refractivity contribution >= 4 is 34.1 Å². The second-order valence-electron chi connectivity index (χ2n) is 9.76. The van der Waals surface area contributed by atoms with Gasteiger partial charge >= 0.3 is 0 Å². The lowest BCUT2D eigenvalue weighted by Crippen LogP contribution is -2.35. The number of amides is 3. The van der Waals surface area contributed by atoms with E-state index in [1.54, 1.807) is 0 Å². The number of nitrogens with zero attached hydrogens (tertiary/aromatic N) is 1. The predicted octanol–water partition coefficient (Wildman–Crippen LogP) is 3.79. The number of fused-ring (bicyclic) bond motifs is 5. The van der Waals surface area contributed by atoms with E-state index >= 15 is 0 Å². The van der Waals surface area contributed by atoms with E-state index in [1.807, 2.05) is 31.2 Å². The highest BCUT2D eigenvalue weighted by Gasteiger charge is 2.63. The SMILES string of the molecule is Cc1sc(N2C(=O)[C@@H]3[C@@H](C2=O)[C@H]2CC[C@@H]3O2)c(C(N)=O)c1-c1ccc(C(C)(C)C)cc1. The standard InChI is InChI=1S/C24H26N2O4S/c1-11-16(12-5-7-13(8-6-12)24(2,3)4)19(20(25)27)23(31-11)26-21(28)17-14-9-10-15(30-14)18(17)22(26)29/h5-8,14-15,17-18H,9-10H2,1-4H3,(H2,25,27)/t14-,15+,17-,18-/m0/s1. The zero-order valence-electron chi connectivity index (χ0n) is 18.1. The molecule has 3 saturated heterocycles. The van der Waals surface area contributed by atoms with Crippen LogP contribution in [0.25, 0.3) is 11.1 Å². The van der Waals surface area contributed by atoms with Gasteiger partial charge < -0.3 is 10.5 Å². The Morgan fingerprint density at radius 1 is 1.06 bits per heavy atom. The Balaban J connectivity index is 1.60. The molecule has 5 rings (SSSR count). The van der Waals surface area contributed by atoms with Crippen LogP contribution in [0.5, 0.6) is 0 Å². The first-order chi connectivity index (χ1) is 14.6.